The first kappa shape index (κ1) is 14.2. The summed E-state index contributed by atoms with van der Waals surface area (Å²) in [6.07, 6.45) is 5.43. The van der Waals surface area contributed by atoms with Gasteiger partial charge in [0.1, 0.15) is 11.2 Å². The Hall–Kier alpha value is -2.43. The van der Waals surface area contributed by atoms with E-state index < -0.39 is 0 Å². The first-order valence-corrected chi connectivity index (χ1v) is 8.34. The topological polar surface area (TPSA) is 63.6 Å². The maximum Gasteiger partial charge on any atom is 0.262 e. The van der Waals surface area contributed by atoms with E-state index in [1.807, 2.05) is 41.9 Å². The SMILES string of the molecule is CCc1nn(C2CCCC2)c2nc(-c3ccccc3)[nH]c(=O)c12. The minimum atomic E-state index is -0.0880. The summed E-state index contributed by atoms with van der Waals surface area (Å²) in [7, 11) is 0. The molecule has 0 amide bonds. The van der Waals surface area contributed by atoms with Crippen molar-refractivity contribution in [2.75, 3.05) is 0 Å². The average Bonchev–Trinajstić information content (AvgIpc) is 3.22. The predicted octanol–water partition coefficient (Wildman–Crippen LogP) is 3.46. The molecule has 0 unspecified atom stereocenters. The van der Waals surface area contributed by atoms with Crippen molar-refractivity contribution in [2.24, 2.45) is 0 Å². The van der Waals surface area contributed by atoms with Gasteiger partial charge in [-0.05, 0) is 19.3 Å². The van der Waals surface area contributed by atoms with Gasteiger partial charge in [0.25, 0.3) is 5.56 Å². The lowest BCUT2D eigenvalue weighted by atomic mass is 10.2. The highest BCUT2D eigenvalue weighted by Gasteiger charge is 2.24. The van der Waals surface area contributed by atoms with Crippen molar-refractivity contribution >= 4 is 11.0 Å². The summed E-state index contributed by atoms with van der Waals surface area (Å²) in [6, 6.07) is 10.1. The molecule has 0 spiro atoms. The van der Waals surface area contributed by atoms with Gasteiger partial charge in [0.05, 0.1) is 11.7 Å². The zero-order valence-corrected chi connectivity index (χ0v) is 13.2. The van der Waals surface area contributed by atoms with Crippen LogP contribution in [-0.2, 0) is 6.42 Å². The number of aryl methyl sites for hydroxylation is 1. The standard InChI is InChI=1S/C18H20N4O/c1-2-14-15-17(22(21-14)13-10-6-7-11-13)19-16(20-18(15)23)12-8-4-3-5-9-12/h3-5,8-9,13H,2,6-7,10-11H2,1H3,(H,19,20,23). The van der Waals surface area contributed by atoms with Gasteiger partial charge in [0.15, 0.2) is 5.65 Å². The summed E-state index contributed by atoms with van der Waals surface area (Å²) in [5.41, 5.74) is 2.41. The van der Waals surface area contributed by atoms with Crippen LogP contribution in [-0.4, -0.2) is 19.7 Å². The maximum absolute atomic E-state index is 12.6. The molecule has 23 heavy (non-hydrogen) atoms. The molecule has 0 atom stereocenters. The molecule has 0 saturated heterocycles. The van der Waals surface area contributed by atoms with Crippen LogP contribution in [0.1, 0.15) is 44.3 Å². The van der Waals surface area contributed by atoms with E-state index in [9.17, 15) is 4.79 Å². The van der Waals surface area contributed by atoms with Crippen LogP contribution in [0.2, 0.25) is 0 Å². The van der Waals surface area contributed by atoms with Gasteiger partial charge in [-0.25, -0.2) is 9.67 Å². The highest BCUT2D eigenvalue weighted by atomic mass is 16.1. The normalized spacial score (nSPS) is 15.5. The summed E-state index contributed by atoms with van der Waals surface area (Å²) in [4.78, 5) is 20.3. The monoisotopic (exact) mass is 308 g/mol. The Morgan fingerprint density at radius 3 is 2.65 bits per heavy atom. The lowest BCUT2D eigenvalue weighted by Gasteiger charge is -2.10. The van der Waals surface area contributed by atoms with Gasteiger partial charge < -0.3 is 4.98 Å². The minimum Gasteiger partial charge on any atom is -0.306 e. The molecule has 1 saturated carbocycles. The maximum atomic E-state index is 12.6. The summed E-state index contributed by atoms with van der Waals surface area (Å²) in [6.45, 7) is 2.03. The second kappa shape index (κ2) is 5.65. The van der Waals surface area contributed by atoms with Crippen LogP contribution in [0.4, 0.5) is 0 Å². The lowest BCUT2D eigenvalue weighted by molar-refractivity contribution is 0.474. The number of benzene rings is 1. The Balaban J connectivity index is 1.96. The molecule has 1 aliphatic rings. The second-order valence-corrected chi connectivity index (χ2v) is 6.16. The van der Waals surface area contributed by atoms with E-state index in [0.29, 0.717) is 17.3 Å². The van der Waals surface area contributed by atoms with Crippen molar-refractivity contribution in [2.45, 2.75) is 45.1 Å². The first-order valence-electron chi connectivity index (χ1n) is 8.34. The van der Waals surface area contributed by atoms with Crippen LogP contribution in [0, 0.1) is 0 Å². The number of hydrogen-bond donors (Lipinski definition) is 1. The number of H-pyrrole nitrogens is 1. The molecule has 0 radical (unpaired) electrons. The summed E-state index contributed by atoms with van der Waals surface area (Å²) >= 11 is 0. The molecule has 1 aliphatic carbocycles. The highest BCUT2D eigenvalue weighted by Crippen LogP contribution is 2.32. The first-order chi connectivity index (χ1) is 11.3. The highest BCUT2D eigenvalue weighted by molar-refractivity contribution is 5.79. The molecule has 118 valence electrons. The van der Waals surface area contributed by atoms with Crippen molar-refractivity contribution in [3.63, 3.8) is 0 Å². The smallest absolute Gasteiger partial charge is 0.262 e. The Morgan fingerprint density at radius 1 is 1.22 bits per heavy atom. The third-order valence-corrected chi connectivity index (χ3v) is 4.69. The summed E-state index contributed by atoms with van der Waals surface area (Å²) < 4.78 is 2.00. The van der Waals surface area contributed by atoms with Gasteiger partial charge in [-0.1, -0.05) is 50.1 Å². The number of fused-ring (bicyclic) bond motifs is 1. The number of aromatic nitrogens is 4. The molecule has 1 aromatic carbocycles. The third kappa shape index (κ3) is 2.36. The van der Waals surface area contributed by atoms with Crippen LogP contribution < -0.4 is 5.56 Å². The van der Waals surface area contributed by atoms with Crippen molar-refractivity contribution in [1.29, 1.82) is 0 Å². The van der Waals surface area contributed by atoms with E-state index >= 15 is 0 Å². The fourth-order valence-corrected chi connectivity index (χ4v) is 3.50. The minimum absolute atomic E-state index is 0.0880. The molecule has 3 aromatic rings. The van der Waals surface area contributed by atoms with Crippen LogP contribution in [0.5, 0.6) is 0 Å². The molecule has 4 rings (SSSR count). The molecule has 5 nitrogen and oxygen atoms in total. The lowest BCUT2D eigenvalue weighted by Crippen LogP contribution is -2.12. The number of aromatic amines is 1. The van der Waals surface area contributed by atoms with E-state index in [4.69, 9.17) is 10.1 Å². The van der Waals surface area contributed by atoms with Gasteiger partial charge in [0.2, 0.25) is 0 Å². The summed E-state index contributed by atoms with van der Waals surface area (Å²) in [5, 5.41) is 5.37. The molecule has 0 bridgehead atoms. The largest absolute Gasteiger partial charge is 0.306 e. The molecule has 1 fully saturated rings. The fraction of sp³-hybridized carbons (Fsp3) is 0.389. The zero-order chi connectivity index (χ0) is 15.8. The van der Waals surface area contributed by atoms with Gasteiger partial charge in [0, 0.05) is 5.56 Å². The Kier molecular flexibility index (Phi) is 3.48. The molecular weight excluding hydrogens is 288 g/mol. The number of nitrogens with one attached hydrogen (secondary N) is 1. The van der Waals surface area contributed by atoms with Gasteiger partial charge in [-0.2, -0.15) is 5.10 Å². The fourth-order valence-electron chi connectivity index (χ4n) is 3.50. The number of hydrogen-bond acceptors (Lipinski definition) is 3. The van der Waals surface area contributed by atoms with Gasteiger partial charge in [-0.15, -0.1) is 0 Å². The zero-order valence-electron chi connectivity index (χ0n) is 13.2. The van der Waals surface area contributed by atoms with Crippen molar-refractivity contribution < 1.29 is 0 Å². The third-order valence-electron chi connectivity index (χ3n) is 4.69. The van der Waals surface area contributed by atoms with Crippen LogP contribution in [0.15, 0.2) is 35.1 Å². The number of nitrogens with zero attached hydrogens (tertiary/aromatic N) is 3. The molecule has 1 N–H and O–H groups in total. The molecule has 2 heterocycles. The second-order valence-electron chi connectivity index (χ2n) is 6.16. The summed E-state index contributed by atoms with van der Waals surface area (Å²) in [5.74, 6) is 0.616. The van der Waals surface area contributed by atoms with E-state index in [2.05, 4.69) is 4.98 Å². The van der Waals surface area contributed by atoms with Crippen molar-refractivity contribution in [3.05, 3.63) is 46.4 Å². The van der Waals surface area contributed by atoms with E-state index in [-0.39, 0.29) is 5.56 Å². The molecular formula is C18H20N4O. The average molecular weight is 308 g/mol. The predicted molar refractivity (Wildman–Crippen MR) is 90.5 cm³/mol. The van der Waals surface area contributed by atoms with Crippen LogP contribution >= 0.6 is 0 Å². The van der Waals surface area contributed by atoms with E-state index in [1.165, 1.54) is 12.8 Å². The quantitative estimate of drug-likeness (QED) is 0.806. The molecule has 2 aromatic heterocycles. The van der Waals surface area contributed by atoms with Gasteiger partial charge >= 0.3 is 0 Å². The Bertz CT molecular complexity index is 889. The number of rotatable bonds is 3. The van der Waals surface area contributed by atoms with Crippen LogP contribution in [0.3, 0.4) is 0 Å². The van der Waals surface area contributed by atoms with Crippen molar-refractivity contribution in [3.8, 4) is 11.4 Å². The van der Waals surface area contributed by atoms with Crippen molar-refractivity contribution in [1.82, 2.24) is 19.7 Å². The van der Waals surface area contributed by atoms with Gasteiger partial charge in [-0.3, -0.25) is 4.79 Å². The van der Waals surface area contributed by atoms with E-state index in [1.54, 1.807) is 0 Å². The van der Waals surface area contributed by atoms with Crippen LogP contribution in [0.25, 0.3) is 22.4 Å². The Morgan fingerprint density at radius 2 is 1.96 bits per heavy atom. The van der Waals surface area contributed by atoms with E-state index in [0.717, 1.165) is 36.2 Å². The Labute approximate surface area is 134 Å². The molecule has 5 heteroatoms. The molecule has 0 aliphatic heterocycles.